The van der Waals surface area contributed by atoms with E-state index >= 15 is 0 Å². The molecule has 0 saturated carbocycles. The number of benzene rings is 2. The molecule has 1 heterocycles. The van der Waals surface area contributed by atoms with Crippen LogP contribution >= 0.6 is 43.6 Å². The smallest absolute Gasteiger partial charge is 0.343 e. The van der Waals surface area contributed by atoms with Gasteiger partial charge in [-0.25, -0.2) is 4.79 Å². The molecule has 0 radical (unpaired) electrons. The van der Waals surface area contributed by atoms with Gasteiger partial charge in [-0.05, 0) is 47.7 Å². The minimum absolute atomic E-state index is 0.174. The van der Waals surface area contributed by atoms with Crippen molar-refractivity contribution in [1.82, 2.24) is 4.90 Å². The molecule has 150 valence electrons. The van der Waals surface area contributed by atoms with Crippen LogP contribution in [0.25, 0.3) is 6.08 Å². The summed E-state index contributed by atoms with van der Waals surface area (Å²) in [5.41, 5.74) is 1.40. The number of amides is 2. The summed E-state index contributed by atoms with van der Waals surface area (Å²) in [7, 11) is 1.27. The van der Waals surface area contributed by atoms with Crippen LogP contribution in [-0.2, 0) is 20.9 Å². The lowest BCUT2D eigenvalue weighted by Crippen LogP contribution is -2.27. The number of nitrogens with zero attached hydrogens (tertiary/aromatic N) is 1. The SMILES string of the molecule is COC(=O)COc1ccc(Br)cc1/C=C1/SC(=O)N(Cc2ccccc2Br)C1=O. The molecule has 1 aliphatic heterocycles. The first-order valence-corrected chi connectivity index (χ1v) is 10.8. The maximum absolute atomic E-state index is 12.8. The van der Waals surface area contributed by atoms with Crippen LogP contribution in [0.5, 0.6) is 5.75 Å². The van der Waals surface area contributed by atoms with Crippen molar-refractivity contribution in [1.29, 1.82) is 0 Å². The monoisotopic (exact) mass is 539 g/mol. The number of carbonyl (C=O) groups excluding carboxylic acids is 3. The van der Waals surface area contributed by atoms with Crippen molar-refractivity contribution in [3.05, 3.63) is 67.4 Å². The van der Waals surface area contributed by atoms with E-state index in [1.54, 1.807) is 24.3 Å². The van der Waals surface area contributed by atoms with Crippen molar-refractivity contribution < 1.29 is 23.9 Å². The number of carbonyl (C=O) groups is 3. The van der Waals surface area contributed by atoms with Gasteiger partial charge in [0.1, 0.15) is 5.75 Å². The molecule has 0 unspecified atom stereocenters. The number of rotatable bonds is 6. The van der Waals surface area contributed by atoms with Gasteiger partial charge >= 0.3 is 5.97 Å². The molecule has 0 aromatic heterocycles. The predicted molar refractivity (Wildman–Crippen MR) is 117 cm³/mol. The Hall–Kier alpha value is -2.10. The van der Waals surface area contributed by atoms with Gasteiger partial charge in [-0.15, -0.1) is 0 Å². The van der Waals surface area contributed by atoms with Crippen molar-refractivity contribution in [3.63, 3.8) is 0 Å². The standard InChI is InChI=1S/C20H15Br2NO5S/c1-27-18(24)11-28-16-7-6-14(21)8-13(16)9-17-19(25)23(20(26)29-17)10-12-4-2-3-5-15(12)22/h2-9H,10-11H2,1H3/b17-9+. The molecule has 29 heavy (non-hydrogen) atoms. The Labute approximate surface area is 188 Å². The molecule has 9 heteroatoms. The average molecular weight is 541 g/mol. The molecule has 6 nitrogen and oxygen atoms in total. The summed E-state index contributed by atoms with van der Waals surface area (Å²) in [6.07, 6.45) is 1.59. The van der Waals surface area contributed by atoms with E-state index in [1.807, 2.05) is 24.3 Å². The predicted octanol–water partition coefficient (Wildman–Crippen LogP) is 5.00. The minimum Gasteiger partial charge on any atom is -0.481 e. The fourth-order valence-corrected chi connectivity index (χ4v) is 4.15. The highest BCUT2D eigenvalue weighted by atomic mass is 79.9. The van der Waals surface area contributed by atoms with E-state index in [0.29, 0.717) is 11.3 Å². The highest BCUT2D eigenvalue weighted by Crippen LogP contribution is 2.36. The summed E-state index contributed by atoms with van der Waals surface area (Å²) in [5, 5.41) is -0.343. The number of imide groups is 1. The van der Waals surface area contributed by atoms with Crippen LogP contribution in [0.1, 0.15) is 11.1 Å². The van der Waals surface area contributed by atoms with Gasteiger partial charge in [0, 0.05) is 14.5 Å². The second-order valence-electron chi connectivity index (χ2n) is 5.91. The van der Waals surface area contributed by atoms with Crippen molar-refractivity contribution in [2.75, 3.05) is 13.7 Å². The zero-order chi connectivity index (χ0) is 21.0. The summed E-state index contributed by atoms with van der Waals surface area (Å²) >= 11 is 7.68. The molecule has 0 aliphatic carbocycles. The van der Waals surface area contributed by atoms with Gasteiger partial charge in [-0.2, -0.15) is 0 Å². The molecule has 2 aromatic rings. The second kappa shape index (κ2) is 9.60. The Balaban J connectivity index is 1.84. The third-order valence-electron chi connectivity index (χ3n) is 3.99. The van der Waals surface area contributed by atoms with Crippen LogP contribution in [0.3, 0.4) is 0 Å². The summed E-state index contributed by atoms with van der Waals surface area (Å²) in [5.74, 6) is -0.501. The van der Waals surface area contributed by atoms with Crippen LogP contribution in [0, 0.1) is 0 Å². The lowest BCUT2D eigenvalue weighted by molar-refractivity contribution is -0.142. The average Bonchev–Trinajstić information content (AvgIpc) is 2.96. The molecule has 3 rings (SSSR count). The van der Waals surface area contributed by atoms with Gasteiger partial charge in [0.25, 0.3) is 11.1 Å². The number of halogens is 2. The van der Waals surface area contributed by atoms with E-state index in [9.17, 15) is 14.4 Å². The third kappa shape index (κ3) is 5.29. The van der Waals surface area contributed by atoms with Crippen molar-refractivity contribution in [3.8, 4) is 5.75 Å². The molecular formula is C20H15Br2NO5S. The Morgan fingerprint density at radius 3 is 2.66 bits per heavy atom. The molecule has 2 amide bonds. The van der Waals surface area contributed by atoms with Crippen LogP contribution in [0.15, 0.2) is 56.3 Å². The number of methoxy groups -OCH3 is 1. The first-order valence-electron chi connectivity index (χ1n) is 8.37. The van der Waals surface area contributed by atoms with Crippen LogP contribution in [0.2, 0.25) is 0 Å². The highest BCUT2D eigenvalue weighted by Gasteiger charge is 2.35. The van der Waals surface area contributed by atoms with Gasteiger partial charge in [-0.3, -0.25) is 14.5 Å². The summed E-state index contributed by atoms with van der Waals surface area (Å²) in [4.78, 5) is 38.1. The molecule has 0 atom stereocenters. The Kier molecular flexibility index (Phi) is 7.15. The van der Waals surface area contributed by atoms with E-state index in [2.05, 4.69) is 36.6 Å². The Morgan fingerprint density at radius 1 is 1.17 bits per heavy atom. The largest absolute Gasteiger partial charge is 0.481 e. The number of hydrogen-bond donors (Lipinski definition) is 0. The molecule has 1 fully saturated rings. The van der Waals surface area contributed by atoms with Crippen LogP contribution < -0.4 is 4.74 Å². The molecule has 2 aromatic carbocycles. The summed E-state index contributed by atoms with van der Waals surface area (Å²) < 4.78 is 11.7. The molecule has 1 aliphatic rings. The van der Waals surface area contributed by atoms with Crippen molar-refractivity contribution in [2.45, 2.75) is 6.54 Å². The Morgan fingerprint density at radius 2 is 1.93 bits per heavy atom. The van der Waals surface area contributed by atoms with Gasteiger partial charge in [0.05, 0.1) is 18.6 Å². The number of thioether (sulfide) groups is 1. The zero-order valence-electron chi connectivity index (χ0n) is 15.2. The fourth-order valence-electron chi connectivity index (χ4n) is 2.53. The van der Waals surface area contributed by atoms with E-state index in [4.69, 9.17) is 4.74 Å². The maximum atomic E-state index is 12.8. The lowest BCUT2D eigenvalue weighted by Gasteiger charge is -2.13. The molecular weight excluding hydrogens is 526 g/mol. The zero-order valence-corrected chi connectivity index (χ0v) is 19.2. The first kappa shape index (κ1) is 21.6. The summed E-state index contributed by atoms with van der Waals surface area (Å²) in [6, 6.07) is 12.6. The Bertz CT molecular complexity index is 1010. The van der Waals surface area contributed by atoms with Crippen molar-refractivity contribution >= 4 is 66.8 Å². The van der Waals surface area contributed by atoms with Gasteiger partial charge in [0.2, 0.25) is 0 Å². The number of esters is 1. The molecule has 0 bridgehead atoms. The second-order valence-corrected chi connectivity index (χ2v) is 8.67. The van der Waals surface area contributed by atoms with E-state index in [1.165, 1.54) is 12.0 Å². The van der Waals surface area contributed by atoms with Crippen LogP contribution in [-0.4, -0.2) is 35.7 Å². The topological polar surface area (TPSA) is 72.9 Å². The number of ether oxygens (including phenoxy) is 2. The quantitative estimate of drug-likeness (QED) is 0.379. The highest BCUT2D eigenvalue weighted by molar-refractivity contribution is 9.10. The molecule has 0 N–H and O–H groups in total. The normalized spacial score (nSPS) is 15.1. The number of hydrogen-bond acceptors (Lipinski definition) is 6. The summed E-state index contributed by atoms with van der Waals surface area (Å²) in [6.45, 7) is -0.0872. The van der Waals surface area contributed by atoms with Crippen molar-refractivity contribution in [2.24, 2.45) is 0 Å². The van der Waals surface area contributed by atoms with E-state index in [0.717, 1.165) is 26.3 Å². The van der Waals surface area contributed by atoms with E-state index in [-0.39, 0.29) is 29.2 Å². The lowest BCUT2D eigenvalue weighted by atomic mass is 10.1. The molecule has 0 spiro atoms. The fraction of sp³-hybridized carbons (Fsp3) is 0.150. The molecule has 1 saturated heterocycles. The third-order valence-corrected chi connectivity index (χ3v) is 6.17. The maximum Gasteiger partial charge on any atom is 0.343 e. The van der Waals surface area contributed by atoms with Gasteiger partial charge < -0.3 is 9.47 Å². The first-order chi connectivity index (χ1) is 13.9. The van der Waals surface area contributed by atoms with Gasteiger partial charge in [-0.1, -0.05) is 50.1 Å². The van der Waals surface area contributed by atoms with Crippen LogP contribution in [0.4, 0.5) is 4.79 Å². The van der Waals surface area contributed by atoms with Gasteiger partial charge in [0.15, 0.2) is 6.61 Å². The van der Waals surface area contributed by atoms with E-state index < -0.39 is 5.97 Å². The minimum atomic E-state index is -0.521.